The van der Waals surface area contributed by atoms with Crippen LogP contribution in [0.5, 0.6) is 0 Å². The Labute approximate surface area is 178 Å². The van der Waals surface area contributed by atoms with E-state index in [1.807, 2.05) is 0 Å². The number of hydrogen-bond acceptors (Lipinski definition) is 10. The number of carbonyl (C=O) groups excluding carboxylic acids is 2. The average molecular weight is 445 g/mol. The van der Waals surface area contributed by atoms with Crippen molar-refractivity contribution in [1.82, 2.24) is 9.55 Å². The molecule has 0 aromatic carbocycles. The molecule has 0 amide bonds. The predicted octanol–water partition coefficient (Wildman–Crippen LogP) is 2.52. The lowest BCUT2D eigenvalue weighted by Gasteiger charge is -2.27. The molecule has 2 heterocycles. The first-order chi connectivity index (χ1) is 14.1. The van der Waals surface area contributed by atoms with Crippen LogP contribution in [0.15, 0.2) is 11.0 Å². The number of nitrogens with two attached hydrogens (primary N) is 1. The summed E-state index contributed by atoms with van der Waals surface area (Å²) in [7, 11) is 0. The standard InChI is InChI=1S/C19H28FN3O8/c1-9-11(28-16(25)30-18(2,3)4)12(29-17(26)31-19(5,6)7)14(27-9)23-8-10(20)13(21)22-15(23)24/h8-9,11-12,14H,1-7H3,(H2,21,22,24)/t9-,11-,12+,14-/m1/s1. The molecule has 174 valence electrons. The molecule has 0 bridgehead atoms. The number of aromatic nitrogens is 2. The molecule has 0 spiro atoms. The maximum Gasteiger partial charge on any atom is 0.509 e. The fourth-order valence-electron chi connectivity index (χ4n) is 2.73. The Bertz CT molecular complexity index is 890. The zero-order valence-corrected chi connectivity index (χ0v) is 18.5. The normalized spacial score (nSPS) is 23.9. The van der Waals surface area contributed by atoms with E-state index in [4.69, 9.17) is 29.4 Å². The van der Waals surface area contributed by atoms with Crippen molar-refractivity contribution in [3.8, 4) is 0 Å². The van der Waals surface area contributed by atoms with Gasteiger partial charge in [-0.1, -0.05) is 0 Å². The van der Waals surface area contributed by atoms with Gasteiger partial charge in [-0.05, 0) is 48.5 Å². The van der Waals surface area contributed by atoms with Gasteiger partial charge in [0.25, 0.3) is 0 Å². The van der Waals surface area contributed by atoms with Crippen LogP contribution in [0.1, 0.15) is 54.7 Å². The van der Waals surface area contributed by atoms with E-state index in [-0.39, 0.29) is 0 Å². The summed E-state index contributed by atoms with van der Waals surface area (Å²) >= 11 is 0. The van der Waals surface area contributed by atoms with Gasteiger partial charge in [0.15, 0.2) is 30.1 Å². The third-order valence-electron chi connectivity index (χ3n) is 3.87. The van der Waals surface area contributed by atoms with Gasteiger partial charge in [0.2, 0.25) is 0 Å². The lowest BCUT2D eigenvalue weighted by atomic mass is 10.1. The van der Waals surface area contributed by atoms with E-state index in [2.05, 4.69) is 4.98 Å². The molecule has 1 aliphatic heterocycles. The molecule has 4 atom stereocenters. The lowest BCUT2D eigenvalue weighted by Crippen LogP contribution is -2.42. The van der Waals surface area contributed by atoms with Crippen LogP contribution in [0.3, 0.4) is 0 Å². The summed E-state index contributed by atoms with van der Waals surface area (Å²) in [6, 6.07) is 0. The van der Waals surface area contributed by atoms with E-state index in [0.717, 1.165) is 10.8 Å². The van der Waals surface area contributed by atoms with Crippen LogP contribution in [0.4, 0.5) is 19.8 Å². The maximum atomic E-state index is 14.0. The summed E-state index contributed by atoms with van der Waals surface area (Å²) in [5.74, 6) is -1.58. The van der Waals surface area contributed by atoms with Crippen molar-refractivity contribution >= 4 is 18.1 Å². The van der Waals surface area contributed by atoms with Crippen LogP contribution in [0, 0.1) is 5.82 Å². The number of halogens is 1. The van der Waals surface area contributed by atoms with Crippen molar-refractivity contribution in [2.24, 2.45) is 0 Å². The smallest absolute Gasteiger partial charge is 0.429 e. The fraction of sp³-hybridized carbons (Fsp3) is 0.684. The van der Waals surface area contributed by atoms with Gasteiger partial charge in [-0.15, -0.1) is 0 Å². The average Bonchev–Trinajstić information content (AvgIpc) is 2.83. The van der Waals surface area contributed by atoms with Gasteiger partial charge in [0.1, 0.15) is 11.2 Å². The Balaban J connectivity index is 2.38. The first-order valence-corrected chi connectivity index (χ1v) is 9.56. The molecule has 0 unspecified atom stereocenters. The molecular formula is C19H28FN3O8. The number of hydrogen-bond donors (Lipinski definition) is 1. The molecule has 2 rings (SSSR count). The van der Waals surface area contributed by atoms with Crippen molar-refractivity contribution in [2.45, 2.75) is 84.2 Å². The molecule has 0 aliphatic carbocycles. The monoisotopic (exact) mass is 445 g/mol. The molecule has 1 fully saturated rings. The predicted molar refractivity (Wildman–Crippen MR) is 105 cm³/mol. The molecule has 11 nitrogen and oxygen atoms in total. The largest absolute Gasteiger partial charge is 0.509 e. The molecule has 1 saturated heterocycles. The minimum absolute atomic E-state index is 0.599. The van der Waals surface area contributed by atoms with Gasteiger partial charge in [-0.2, -0.15) is 4.98 Å². The summed E-state index contributed by atoms with van der Waals surface area (Å²) in [5.41, 5.74) is 2.64. The minimum Gasteiger partial charge on any atom is -0.429 e. The summed E-state index contributed by atoms with van der Waals surface area (Å²) in [6.45, 7) is 11.3. The van der Waals surface area contributed by atoms with Gasteiger partial charge in [-0.3, -0.25) is 4.57 Å². The molecule has 1 aromatic heterocycles. The zero-order valence-electron chi connectivity index (χ0n) is 18.5. The highest BCUT2D eigenvalue weighted by atomic mass is 19.1. The maximum absolute atomic E-state index is 14.0. The second kappa shape index (κ2) is 8.69. The van der Waals surface area contributed by atoms with Gasteiger partial charge in [-0.25, -0.2) is 18.8 Å². The lowest BCUT2D eigenvalue weighted by molar-refractivity contribution is -0.0879. The molecule has 2 N–H and O–H groups in total. The summed E-state index contributed by atoms with van der Waals surface area (Å²) in [5, 5.41) is 0. The molecule has 0 radical (unpaired) electrons. The van der Waals surface area contributed by atoms with Crippen LogP contribution >= 0.6 is 0 Å². The molecule has 12 heteroatoms. The second-order valence-electron chi connectivity index (χ2n) is 8.99. The Morgan fingerprint density at radius 1 is 1.06 bits per heavy atom. The Morgan fingerprint density at radius 2 is 1.55 bits per heavy atom. The Kier molecular flexibility index (Phi) is 6.84. The number of nitrogen functional groups attached to an aromatic ring is 1. The Morgan fingerprint density at radius 3 is 2.03 bits per heavy atom. The topological polar surface area (TPSA) is 141 Å². The first-order valence-electron chi connectivity index (χ1n) is 9.56. The van der Waals surface area contributed by atoms with E-state index in [9.17, 15) is 18.8 Å². The molecular weight excluding hydrogens is 417 g/mol. The van der Waals surface area contributed by atoms with Crippen LogP contribution in [0.2, 0.25) is 0 Å². The number of rotatable bonds is 3. The third kappa shape index (κ3) is 6.54. The van der Waals surface area contributed by atoms with E-state index in [1.54, 1.807) is 41.5 Å². The highest BCUT2D eigenvalue weighted by Crippen LogP contribution is 2.34. The quantitative estimate of drug-likeness (QED) is 0.690. The third-order valence-corrected chi connectivity index (χ3v) is 3.87. The number of anilines is 1. The second-order valence-corrected chi connectivity index (χ2v) is 8.99. The van der Waals surface area contributed by atoms with Crippen LogP contribution < -0.4 is 11.4 Å². The van der Waals surface area contributed by atoms with Gasteiger partial charge in [0.05, 0.1) is 12.3 Å². The minimum atomic E-state index is -1.38. The van der Waals surface area contributed by atoms with Crippen molar-refractivity contribution in [2.75, 3.05) is 5.73 Å². The highest BCUT2D eigenvalue weighted by Gasteiger charge is 2.50. The summed E-state index contributed by atoms with van der Waals surface area (Å²) < 4.78 is 41.3. The zero-order chi connectivity index (χ0) is 23.7. The number of ether oxygens (including phenoxy) is 5. The van der Waals surface area contributed by atoms with Gasteiger partial charge in [0, 0.05) is 0 Å². The van der Waals surface area contributed by atoms with Gasteiger partial charge < -0.3 is 29.4 Å². The molecule has 1 aliphatic rings. The molecule has 0 saturated carbocycles. The van der Waals surface area contributed by atoms with E-state index in [1.165, 1.54) is 6.92 Å². The first kappa shape index (κ1) is 24.4. The van der Waals surface area contributed by atoms with Crippen molar-refractivity contribution in [3.05, 3.63) is 22.5 Å². The number of carbonyl (C=O) groups is 2. The molecule has 31 heavy (non-hydrogen) atoms. The van der Waals surface area contributed by atoms with E-state index in [0.29, 0.717) is 0 Å². The van der Waals surface area contributed by atoms with Crippen molar-refractivity contribution < 1.29 is 37.7 Å². The van der Waals surface area contributed by atoms with Crippen molar-refractivity contribution in [3.63, 3.8) is 0 Å². The summed E-state index contributed by atoms with van der Waals surface area (Å²) in [6.07, 6.45) is -6.18. The van der Waals surface area contributed by atoms with E-state index < -0.39 is 65.4 Å². The fourth-order valence-corrected chi connectivity index (χ4v) is 2.73. The van der Waals surface area contributed by atoms with E-state index >= 15 is 0 Å². The van der Waals surface area contributed by atoms with Crippen LogP contribution in [0.25, 0.3) is 0 Å². The SMILES string of the molecule is C[C@H]1O[C@@H](n2cc(F)c(N)nc2=O)[C@@H](OC(=O)OC(C)(C)C)[C@@H]1OC(=O)OC(C)(C)C. The Hall–Kier alpha value is -2.89. The van der Waals surface area contributed by atoms with Crippen LogP contribution in [-0.4, -0.2) is 51.4 Å². The molecule has 1 aromatic rings. The van der Waals surface area contributed by atoms with Gasteiger partial charge >= 0.3 is 18.0 Å². The van der Waals surface area contributed by atoms with Crippen molar-refractivity contribution in [1.29, 1.82) is 0 Å². The van der Waals surface area contributed by atoms with Crippen LogP contribution in [-0.2, 0) is 23.7 Å². The number of nitrogens with zero attached hydrogens (tertiary/aromatic N) is 2. The highest BCUT2D eigenvalue weighted by molar-refractivity contribution is 5.62. The summed E-state index contributed by atoms with van der Waals surface area (Å²) in [4.78, 5) is 40.2.